The Morgan fingerprint density at radius 2 is 1.65 bits per heavy atom. The van der Waals surface area contributed by atoms with Gasteiger partial charge >= 0.3 is 5.97 Å². The highest BCUT2D eigenvalue weighted by atomic mass is 32.1. The number of rotatable bonds is 12. The van der Waals surface area contributed by atoms with Crippen LogP contribution in [0.1, 0.15) is 130 Å². The van der Waals surface area contributed by atoms with E-state index in [1.807, 2.05) is 48.8 Å². The summed E-state index contributed by atoms with van der Waals surface area (Å²) in [5.41, 5.74) is 4.19. The number of allylic oxidation sites excluding steroid dienone is 2. The Hall–Kier alpha value is -3.65. The molecule has 0 radical (unpaired) electrons. The summed E-state index contributed by atoms with van der Waals surface area (Å²) in [5, 5.41) is 9.78. The van der Waals surface area contributed by atoms with E-state index in [0.717, 1.165) is 52.2 Å². The van der Waals surface area contributed by atoms with Crippen LogP contribution in [0.3, 0.4) is 0 Å². The van der Waals surface area contributed by atoms with Crippen LogP contribution < -0.4 is 0 Å². The number of hydrogen-bond donors (Lipinski definition) is 1. The van der Waals surface area contributed by atoms with Crippen LogP contribution in [0.2, 0.25) is 0 Å². The summed E-state index contributed by atoms with van der Waals surface area (Å²) in [7, 11) is 0. The third kappa shape index (κ3) is 9.05. The molecule has 6 rings (SSSR count). The number of carbonyl (C=O) groups excluding carboxylic acids is 2. The molecule has 51 heavy (non-hydrogen) atoms. The van der Waals surface area contributed by atoms with Gasteiger partial charge in [0, 0.05) is 47.3 Å². The molecule has 272 valence electrons. The lowest BCUT2D eigenvalue weighted by atomic mass is 9.70. The van der Waals surface area contributed by atoms with Gasteiger partial charge in [-0.25, -0.2) is 14.8 Å². The molecule has 1 unspecified atom stereocenters. The molecule has 1 aliphatic heterocycles. The van der Waals surface area contributed by atoms with Gasteiger partial charge in [0.2, 0.25) is 5.91 Å². The van der Waals surface area contributed by atoms with Crippen LogP contribution in [0.4, 0.5) is 0 Å². The maximum atomic E-state index is 13.9. The van der Waals surface area contributed by atoms with Gasteiger partial charge in [-0.1, -0.05) is 83.7 Å². The molecule has 8 heteroatoms. The number of aromatic nitrogens is 2. The number of thiophene rings is 1. The minimum atomic E-state index is -0.988. The highest BCUT2D eigenvalue weighted by Gasteiger charge is 2.38. The Morgan fingerprint density at radius 1 is 0.922 bits per heavy atom. The van der Waals surface area contributed by atoms with Gasteiger partial charge in [-0.2, -0.15) is 0 Å². The molecule has 7 nitrogen and oxygen atoms in total. The molecule has 1 aromatic carbocycles. The number of hydrogen-bond acceptors (Lipinski definition) is 6. The van der Waals surface area contributed by atoms with Gasteiger partial charge in [0.25, 0.3) is 0 Å². The number of carboxylic acids is 1. The Balaban J connectivity index is 1.10. The quantitative estimate of drug-likeness (QED) is 0.188. The van der Waals surface area contributed by atoms with E-state index in [1.54, 1.807) is 0 Å². The number of carbonyl (C=O) groups is 3. The maximum Gasteiger partial charge on any atom is 0.326 e. The lowest BCUT2D eigenvalue weighted by Crippen LogP contribution is -2.44. The second-order valence-corrected chi connectivity index (χ2v) is 17.4. The Kier molecular flexibility index (Phi) is 11.9. The van der Waals surface area contributed by atoms with Crippen LogP contribution in [0, 0.1) is 23.7 Å². The number of Topliss-reactive ketones (excluding diaryl/α,β-unsaturated/α-hetero) is 1. The van der Waals surface area contributed by atoms with Crippen molar-refractivity contribution in [3.63, 3.8) is 0 Å². The zero-order valence-electron chi connectivity index (χ0n) is 30.9. The monoisotopic (exact) mass is 709 g/mol. The zero-order chi connectivity index (χ0) is 36.1. The summed E-state index contributed by atoms with van der Waals surface area (Å²) >= 11 is 1.48. The highest BCUT2D eigenvalue weighted by molar-refractivity contribution is 7.14. The summed E-state index contributed by atoms with van der Waals surface area (Å²) in [4.78, 5) is 52.0. The van der Waals surface area contributed by atoms with E-state index in [4.69, 9.17) is 9.97 Å². The summed E-state index contributed by atoms with van der Waals surface area (Å²) in [5.74, 6) is 1.33. The van der Waals surface area contributed by atoms with Crippen molar-refractivity contribution >= 4 is 34.6 Å². The lowest BCUT2D eigenvalue weighted by Gasteiger charge is -2.35. The number of benzene rings is 1. The van der Waals surface area contributed by atoms with E-state index < -0.39 is 17.9 Å². The number of amides is 1. The molecule has 3 atom stereocenters. The SMILES string of the molecule is CCCC1CCC(C2CC=C(c3cnc(-c4ccc(C[C@H](CC(=O)c5ccc(C(C)(C)C)s5)C(=O)N5CCC[C@H]5C(=O)O)cc4)nc3)CC2)CC1. The molecule has 1 amide bonds. The van der Waals surface area contributed by atoms with E-state index in [9.17, 15) is 19.5 Å². The average Bonchev–Trinajstić information content (AvgIpc) is 3.84. The molecule has 3 aromatic rings. The fourth-order valence-electron chi connectivity index (χ4n) is 8.60. The fraction of sp³-hybridized carbons (Fsp3) is 0.558. The minimum Gasteiger partial charge on any atom is -0.480 e. The third-order valence-electron chi connectivity index (χ3n) is 11.6. The van der Waals surface area contributed by atoms with Crippen molar-refractivity contribution in [2.24, 2.45) is 23.7 Å². The summed E-state index contributed by atoms with van der Waals surface area (Å²) in [6, 6.07) is 10.9. The van der Waals surface area contributed by atoms with Crippen molar-refractivity contribution < 1.29 is 19.5 Å². The van der Waals surface area contributed by atoms with Crippen LogP contribution >= 0.6 is 11.3 Å². The van der Waals surface area contributed by atoms with E-state index in [1.165, 1.54) is 66.8 Å². The van der Waals surface area contributed by atoms with Gasteiger partial charge in [0.15, 0.2) is 11.6 Å². The first-order valence-electron chi connectivity index (χ1n) is 19.3. The summed E-state index contributed by atoms with van der Waals surface area (Å²) in [6.45, 7) is 9.06. The second kappa shape index (κ2) is 16.4. The molecule has 3 heterocycles. The van der Waals surface area contributed by atoms with Crippen molar-refractivity contribution in [1.29, 1.82) is 0 Å². The Morgan fingerprint density at radius 3 is 2.25 bits per heavy atom. The van der Waals surface area contributed by atoms with Crippen LogP contribution in [0.15, 0.2) is 54.9 Å². The average molecular weight is 710 g/mol. The predicted octanol–water partition coefficient (Wildman–Crippen LogP) is 9.80. The van der Waals surface area contributed by atoms with Gasteiger partial charge in [-0.05, 0) is 97.8 Å². The molecule has 2 aliphatic carbocycles. The number of carboxylic acid groups (broad SMARTS) is 1. The standard InChI is InChI=1S/C43H55N3O4S/c1-5-7-28-9-13-30(14-10-28)31-17-19-32(20-18-31)35-26-44-40(45-27-35)33-15-11-29(12-16-33)24-34(41(48)46-23-6-8-36(46)42(49)50)25-37(47)38-21-22-39(51-38)43(2,3)4/h11-12,15-16,19,21-22,26-28,30-31,34,36H,5-10,13-14,17-18,20,23-25H2,1-4H3,(H,49,50)/t28?,30?,31?,34-,36+/m1/s1. The molecule has 0 spiro atoms. The van der Waals surface area contributed by atoms with E-state index in [2.05, 4.69) is 33.8 Å². The zero-order valence-corrected chi connectivity index (χ0v) is 31.7. The molecule has 3 aliphatic rings. The normalized spacial score (nSPS) is 23.1. The molecular weight excluding hydrogens is 655 g/mol. The van der Waals surface area contributed by atoms with Crippen molar-refractivity contribution in [2.75, 3.05) is 6.54 Å². The Bertz CT molecular complexity index is 1700. The number of likely N-dealkylation sites (tertiary alicyclic amines) is 1. The Labute approximate surface area is 308 Å². The lowest BCUT2D eigenvalue weighted by molar-refractivity contribution is -0.149. The van der Waals surface area contributed by atoms with Gasteiger partial charge in [0.05, 0.1) is 4.88 Å². The topological polar surface area (TPSA) is 100 Å². The molecule has 1 N–H and O–H groups in total. The number of aliphatic carboxylic acids is 1. The highest BCUT2D eigenvalue weighted by Crippen LogP contribution is 2.42. The third-order valence-corrected chi connectivity index (χ3v) is 13.2. The smallest absolute Gasteiger partial charge is 0.326 e. The largest absolute Gasteiger partial charge is 0.480 e. The van der Waals surface area contributed by atoms with Crippen molar-refractivity contribution in [1.82, 2.24) is 14.9 Å². The predicted molar refractivity (Wildman–Crippen MR) is 205 cm³/mol. The number of nitrogens with zero attached hydrogens (tertiary/aromatic N) is 3. The first-order chi connectivity index (χ1) is 24.5. The first-order valence-corrected chi connectivity index (χ1v) is 20.1. The first kappa shape index (κ1) is 37.1. The van der Waals surface area contributed by atoms with E-state index in [-0.39, 0.29) is 23.5 Å². The fourth-order valence-corrected chi connectivity index (χ4v) is 9.61. The molecule has 1 saturated heterocycles. The second-order valence-electron chi connectivity index (χ2n) is 16.3. The van der Waals surface area contributed by atoms with Gasteiger partial charge in [-0.3, -0.25) is 9.59 Å². The van der Waals surface area contributed by atoms with Crippen LogP contribution in [-0.4, -0.2) is 50.2 Å². The molecule has 2 fully saturated rings. The molecule has 2 aromatic heterocycles. The molecular formula is C43H55N3O4S. The van der Waals surface area contributed by atoms with Gasteiger partial charge in [0.1, 0.15) is 6.04 Å². The van der Waals surface area contributed by atoms with Crippen LogP contribution in [0.5, 0.6) is 0 Å². The van der Waals surface area contributed by atoms with Crippen molar-refractivity contribution in [3.8, 4) is 11.4 Å². The van der Waals surface area contributed by atoms with E-state index in [0.29, 0.717) is 36.5 Å². The number of ketones is 1. The summed E-state index contributed by atoms with van der Waals surface area (Å²) < 4.78 is 0. The van der Waals surface area contributed by atoms with E-state index >= 15 is 0 Å². The van der Waals surface area contributed by atoms with Crippen LogP contribution in [0.25, 0.3) is 17.0 Å². The van der Waals surface area contributed by atoms with Gasteiger partial charge < -0.3 is 10.0 Å². The minimum absolute atomic E-state index is 0.0365. The van der Waals surface area contributed by atoms with Crippen LogP contribution in [-0.2, 0) is 21.4 Å². The molecule has 1 saturated carbocycles. The van der Waals surface area contributed by atoms with Crippen molar-refractivity contribution in [3.05, 3.63) is 75.7 Å². The molecule has 0 bridgehead atoms. The van der Waals surface area contributed by atoms with Crippen molar-refractivity contribution in [2.45, 2.75) is 123 Å². The van der Waals surface area contributed by atoms with Gasteiger partial charge in [-0.15, -0.1) is 11.3 Å². The summed E-state index contributed by atoms with van der Waals surface area (Å²) in [6.07, 6.45) is 19.7. The maximum absolute atomic E-state index is 13.9.